The lowest BCUT2D eigenvalue weighted by Crippen LogP contribution is -2.29. The third-order valence-electron chi connectivity index (χ3n) is 3.81. The highest BCUT2D eigenvalue weighted by atomic mass is 16.5. The summed E-state index contributed by atoms with van der Waals surface area (Å²) in [5.74, 6) is 1.61. The molecular formula is C16H25NO. The van der Waals surface area contributed by atoms with Crippen LogP contribution in [0.25, 0.3) is 0 Å². The van der Waals surface area contributed by atoms with Gasteiger partial charge in [0.05, 0.1) is 7.11 Å². The molecule has 18 heavy (non-hydrogen) atoms. The zero-order chi connectivity index (χ0) is 13.0. The van der Waals surface area contributed by atoms with E-state index in [9.17, 15) is 0 Å². The molecule has 0 N–H and O–H groups in total. The van der Waals surface area contributed by atoms with Crippen LogP contribution in [0.2, 0.25) is 0 Å². The molecule has 0 aliphatic carbocycles. The van der Waals surface area contributed by atoms with Gasteiger partial charge in [-0.25, -0.2) is 0 Å². The minimum Gasteiger partial charge on any atom is -0.496 e. The molecule has 0 amide bonds. The number of hydrogen-bond donors (Lipinski definition) is 0. The molecule has 1 aliphatic rings. The Morgan fingerprint density at radius 2 is 1.89 bits per heavy atom. The number of hydrogen-bond acceptors (Lipinski definition) is 2. The van der Waals surface area contributed by atoms with Crippen molar-refractivity contribution in [2.45, 2.75) is 45.6 Å². The Morgan fingerprint density at radius 1 is 1.17 bits per heavy atom. The van der Waals surface area contributed by atoms with E-state index in [0.717, 1.165) is 12.3 Å². The third kappa shape index (κ3) is 3.26. The van der Waals surface area contributed by atoms with E-state index in [2.05, 4.69) is 36.9 Å². The molecule has 1 fully saturated rings. The van der Waals surface area contributed by atoms with Gasteiger partial charge in [-0.05, 0) is 43.5 Å². The van der Waals surface area contributed by atoms with E-state index in [1.165, 1.54) is 43.5 Å². The van der Waals surface area contributed by atoms with Crippen LogP contribution in [-0.2, 0) is 6.54 Å². The highest BCUT2D eigenvalue weighted by Crippen LogP contribution is 2.26. The first-order chi connectivity index (χ1) is 8.70. The molecule has 0 unspecified atom stereocenters. The van der Waals surface area contributed by atoms with Gasteiger partial charge in [0.1, 0.15) is 5.75 Å². The number of methoxy groups -OCH3 is 1. The van der Waals surface area contributed by atoms with Crippen LogP contribution >= 0.6 is 0 Å². The maximum absolute atomic E-state index is 5.49. The molecule has 1 heterocycles. The molecular weight excluding hydrogens is 222 g/mol. The van der Waals surface area contributed by atoms with Crippen molar-refractivity contribution < 1.29 is 4.74 Å². The lowest BCUT2D eigenvalue weighted by molar-refractivity contribution is 0.218. The number of ether oxygens (including phenoxy) is 1. The second kappa shape index (κ2) is 6.24. The van der Waals surface area contributed by atoms with Crippen molar-refractivity contribution in [2.24, 2.45) is 0 Å². The van der Waals surface area contributed by atoms with Gasteiger partial charge in [-0.2, -0.15) is 0 Å². The van der Waals surface area contributed by atoms with Gasteiger partial charge < -0.3 is 4.74 Å². The molecule has 0 aromatic heterocycles. The predicted molar refractivity (Wildman–Crippen MR) is 76.2 cm³/mol. The van der Waals surface area contributed by atoms with Crippen molar-refractivity contribution in [3.05, 3.63) is 29.3 Å². The van der Waals surface area contributed by atoms with E-state index in [0.29, 0.717) is 5.92 Å². The van der Waals surface area contributed by atoms with Crippen molar-refractivity contribution in [3.8, 4) is 5.75 Å². The standard InChI is InChI=1S/C16H25NO/c1-13(2)14-7-8-16(18-3)15(11-14)12-17-9-5-4-6-10-17/h7-8,11,13H,4-6,9-10,12H2,1-3H3. The van der Waals surface area contributed by atoms with E-state index in [4.69, 9.17) is 4.74 Å². The summed E-state index contributed by atoms with van der Waals surface area (Å²) in [6.07, 6.45) is 4.07. The fourth-order valence-electron chi connectivity index (χ4n) is 2.64. The Kier molecular flexibility index (Phi) is 4.65. The lowest BCUT2D eigenvalue weighted by Gasteiger charge is -2.27. The monoisotopic (exact) mass is 247 g/mol. The molecule has 1 aliphatic heterocycles. The predicted octanol–water partition coefficient (Wildman–Crippen LogP) is 3.80. The van der Waals surface area contributed by atoms with Gasteiger partial charge >= 0.3 is 0 Å². The molecule has 100 valence electrons. The van der Waals surface area contributed by atoms with Crippen LogP contribution in [0.5, 0.6) is 5.75 Å². The number of nitrogens with zero attached hydrogens (tertiary/aromatic N) is 1. The SMILES string of the molecule is COc1ccc(C(C)C)cc1CN1CCCCC1. The lowest BCUT2D eigenvalue weighted by atomic mass is 9.99. The largest absolute Gasteiger partial charge is 0.496 e. The molecule has 0 saturated carbocycles. The summed E-state index contributed by atoms with van der Waals surface area (Å²) in [5.41, 5.74) is 2.74. The van der Waals surface area contributed by atoms with Gasteiger partial charge in [0.25, 0.3) is 0 Å². The highest BCUT2D eigenvalue weighted by Gasteiger charge is 2.14. The highest BCUT2D eigenvalue weighted by molar-refractivity contribution is 5.38. The molecule has 0 bridgehead atoms. The summed E-state index contributed by atoms with van der Waals surface area (Å²) in [4.78, 5) is 2.55. The Bertz CT molecular complexity index is 381. The van der Waals surface area contributed by atoms with Crippen molar-refractivity contribution in [1.82, 2.24) is 4.90 Å². The smallest absolute Gasteiger partial charge is 0.123 e. The van der Waals surface area contributed by atoms with Crippen LogP contribution in [0, 0.1) is 0 Å². The van der Waals surface area contributed by atoms with Crippen molar-refractivity contribution in [2.75, 3.05) is 20.2 Å². The van der Waals surface area contributed by atoms with Crippen molar-refractivity contribution in [3.63, 3.8) is 0 Å². The summed E-state index contributed by atoms with van der Waals surface area (Å²) >= 11 is 0. The summed E-state index contributed by atoms with van der Waals surface area (Å²) < 4.78 is 5.49. The van der Waals surface area contributed by atoms with Crippen LogP contribution in [0.3, 0.4) is 0 Å². The van der Waals surface area contributed by atoms with Gasteiger partial charge in [0.15, 0.2) is 0 Å². The molecule has 2 heteroatoms. The maximum Gasteiger partial charge on any atom is 0.123 e. The third-order valence-corrected chi connectivity index (χ3v) is 3.81. The van der Waals surface area contributed by atoms with E-state index in [-0.39, 0.29) is 0 Å². The Hall–Kier alpha value is -1.02. The number of rotatable bonds is 4. The molecule has 0 spiro atoms. The zero-order valence-corrected chi connectivity index (χ0v) is 11.9. The van der Waals surface area contributed by atoms with Crippen LogP contribution < -0.4 is 4.74 Å². The fourth-order valence-corrected chi connectivity index (χ4v) is 2.64. The van der Waals surface area contributed by atoms with Gasteiger partial charge in [0, 0.05) is 12.1 Å². The molecule has 0 atom stereocenters. The van der Waals surface area contributed by atoms with Crippen molar-refractivity contribution >= 4 is 0 Å². The van der Waals surface area contributed by atoms with Crippen LogP contribution in [0.15, 0.2) is 18.2 Å². The molecule has 1 saturated heterocycles. The van der Waals surface area contributed by atoms with Gasteiger partial charge in [-0.15, -0.1) is 0 Å². The maximum atomic E-state index is 5.49. The summed E-state index contributed by atoms with van der Waals surface area (Å²) in [6, 6.07) is 6.62. The second-order valence-electron chi connectivity index (χ2n) is 5.56. The number of likely N-dealkylation sites (tertiary alicyclic amines) is 1. The van der Waals surface area contributed by atoms with Crippen LogP contribution in [0.4, 0.5) is 0 Å². The minimum atomic E-state index is 0.580. The summed E-state index contributed by atoms with van der Waals surface area (Å²) in [5, 5.41) is 0. The average Bonchev–Trinajstić information content (AvgIpc) is 2.39. The van der Waals surface area contributed by atoms with Gasteiger partial charge in [-0.1, -0.05) is 32.4 Å². The van der Waals surface area contributed by atoms with Crippen molar-refractivity contribution in [1.29, 1.82) is 0 Å². The van der Waals surface area contributed by atoms with Gasteiger partial charge in [0.2, 0.25) is 0 Å². The topological polar surface area (TPSA) is 12.5 Å². The Labute approximate surface area is 111 Å². The first-order valence-electron chi connectivity index (χ1n) is 7.10. The summed E-state index contributed by atoms with van der Waals surface area (Å²) in [7, 11) is 1.77. The van der Waals surface area contributed by atoms with Crippen LogP contribution in [0.1, 0.15) is 50.2 Å². The molecule has 0 radical (unpaired) electrons. The van der Waals surface area contributed by atoms with E-state index >= 15 is 0 Å². The zero-order valence-electron chi connectivity index (χ0n) is 11.9. The molecule has 1 aromatic rings. The first-order valence-corrected chi connectivity index (χ1v) is 7.10. The Morgan fingerprint density at radius 3 is 2.50 bits per heavy atom. The fraction of sp³-hybridized carbons (Fsp3) is 0.625. The van der Waals surface area contributed by atoms with Gasteiger partial charge in [-0.3, -0.25) is 4.90 Å². The van der Waals surface area contributed by atoms with E-state index in [1.54, 1.807) is 7.11 Å². The molecule has 1 aromatic carbocycles. The summed E-state index contributed by atoms with van der Waals surface area (Å²) in [6.45, 7) is 7.98. The van der Waals surface area contributed by atoms with E-state index < -0.39 is 0 Å². The number of benzene rings is 1. The second-order valence-corrected chi connectivity index (χ2v) is 5.56. The number of piperidine rings is 1. The van der Waals surface area contributed by atoms with E-state index in [1.807, 2.05) is 0 Å². The first kappa shape index (κ1) is 13.4. The minimum absolute atomic E-state index is 0.580. The molecule has 2 rings (SSSR count). The van der Waals surface area contributed by atoms with Crippen LogP contribution in [-0.4, -0.2) is 25.1 Å². The average molecular weight is 247 g/mol. The quantitative estimate of drug-likeness (QED) is 0.802. The Balaban J connectivity index is 2.15. The molecule has 2 nitrogen and oxygen atoms in total. The normalized spacial score (nSPS) is 17.1.